The topological polar surface area (TPSA) is 105 Å². The fourth-order valence-electron chi connectivity index (χ4n) is 2.99. The van der Waals surface area contributed by atoms with E-state index in [1.807, 2.05) is 40.6 Å². The fraction of sp³-hybridized carbons (Fsp3) is 0.222. The van der Waals surface area contributed by atoms with Gasteiger partial charge in [0.25, 0.3) is 0 Å². The molecule has 0 radical (unpaired) electrons. The molecule has 0 bridgehead atoms. The highest BCUT2D eigenvalue weighted by Crippen LogP contribution is 2.20. The number of nitriles is 1. The molecule has 26 heavy (non-hydrogen) atoms. The molecule has 1 aromatic carbocycles. The molecule has 1 atom stereocenters. The highest BCUT2D eigenvalue weighted by atomic mass is 16.3. The van der Waals surface area contributed by atoms with E-state index < -0.39 is 6.10 Å². The first kappa shape index (κ1) is 16.1. The molecule has 0 saturated heterocycles. The number of hydrogen-bond donors (Lipinski definition) is 2. The van der Waals surface area contributed by atoms with E-state index in [2.05, 4.69) is 26.3 Å². The summed E-state index contributed by atoms with van der Waals surface area (Å²) in [4.78, 5) is 12.8. The molecule has 4 rings (SSSR count). The molecule has 8 heteroatoms. The summed E-state index contributed by atoms with van der Waals surface area (Å²) in [5.74, 6) is 0.448. The van der Waals surface area contributed by atoms with Crippen LogP contribution in [-0.4, -0.2) is 41.8 Å². The summed E-state index contributed by atoms with van der Waals surface area (Å²) in [6, 6.07) is 9.66. The normalized spacial score (nSPS) is 12.3. The van der Waals surface area contributed by atoms with Crippen LogP contribution in [0.25, 0.3) is 22.1 Å². The van der Waals surface area contributed by atoms with E-state index in [9.17, 15) is 10.4 Å². The molecule has 0 aliphatic rings. The zero-order valence-electron chi connectivity index (χ0n) is 14.2. The van der Waals surface area contributed by atoms with Gasteiger partial charge in [0, 0.05) is 30.7 Å². The molecule has 0 saturated carbocycles. The second-order valence-corrected chi connectivity index (χ2v) is 6.11. The van der Waals surface area contributed by atoms with Gasteiger partial charge in [-0.2, -0.15) is 10.2 Å². The van der Waals surface area contributed by atoms with E-state index in [-0.39, 0.29) is 0 Å². The lowest BCUT2D eigenvalue weighted by atomic mass is 10.1. The first-order valence-electron chi connectivity index (χ1n) is 8.19. The van der Waals surface area contributed by atoms with Crippen LogP contribution < -0.4 is 5.32 Å². The van der Waals surface area contributed by atoms with E-state index in [0.29, 0.717) is 24.6 Å². The number of benzene rings is 1. The summed E-state index contributed by atoms with van der Waals surface area (Å²) in [5.41, 5.74) is 3.02. The van der Waals surface area contributed by atoms with E-state index >= 15 is 0 Å². The van der Waals surface area contributed by atoms with Crippen LogP contribution in [0.4, 0.5) is 5.95 Å². The molecular formula is C18H17N7O. The third kappa shape index (κ3) is 2.85. The second-order valence-electron chi connectivity index (χ2n) is 6.11. The van der Waals surface area contributed by atoms with Gasteiger partial charge in [-0.05, 0) is 18.2 Å². The van der Waals surface area contributed by atoms with Crippen molar-refractivity contribution in [2.24, 2.45) is 7.05 Å². The average molecular weight is 347 g/mol. The number of nitrogens with zero attached hydrogens (tertiary/aromatic N) is 6. The van der Waals surface area contributed by atoms with Gasteiger partial charge in [-0.3, -0.25) is 0 Å². The summed E-state index contributed by atoms with van der Waals surface area (Å²) in [5, 5.41) is 23.5. The molecule has 0 unspecified atom stereocenters. The number of aryl methyl sites for hydroxylation is 1. The number of hydrogen-bond acceptors (Lipinski definition) is 6. The summed E-state index contributed by atoms with van der Waals surface area (Å²) < 4.78 is 3.76. The Hall–Kier alpha value is -3.44. The molecule has 0 amide bonds. The van der Waals surface area contributed by atoms with Gasteiger partial charge in [0.05, 0.1) is 36.8 Å². The third-order valence-electron chi connectivity index (χ3n) is 4.29. The van der Waals surface area contributed by atoms with Crippen LogP contribution in [0.3, 0.4) is 0 Å². The van der Waals surface area contributed by atoms with Gasteiger partial charge in [0.15, 0.2) is 5.65 Å². The molecule has 4 aromatic rings. The zero-order chi connectivity index (χ0) is 18.1. The number of aromatic nitrogens is 5. The highest BCUT2D eigenvalue weighted by Gasteiger charge is 2.11. The predicted molar refractivity (Wildman–Crippen MR) is 97.5 cm³/mol. The highest BCUT2D eigenvalue weighted by molar-refractivity contribution is 5.86. The SMILES string of the molecule is Cn1cnc2cnc(NC[C@@H](O)Cn3ccc4c(C#N)cccc43)nc21. The predicted octanol–water partition coefficient (Wildman–Crippen LogP) is 1.66. The number of fused-ring (bicyclic) bond motifs is 2. The maximum Gasteiger partial charge on any atom is 0.224 e. The van der Waals surface area contributed by atoms with E-state index in [0.717, 1.165) is 22.1 Å². The number of anilines is 1. The average Bonchev–Trinajstić information content (AvgIpc) is 3.24. The van der Waals surface area contributed by atoms with Crippen molar-refractivity contribution in [3.05, 3.63) is 48.5 Å². The van der Waals surface area contributed by atoms with Crippen molar-refractivity contribution >= 4 is 28.0 Å². The minimum atomic E-state index is -0.637. The fourth-order valence-corrected chi connectivity index (χ4v) is 2.99. The molecule has 8 nitrogen and oxygen atoms in total. The number of imidazole rings is 1. The molecule has 0 aliphatic heterocycles. The first-order chi connectivity index (χ1) is 12.7. The smallest absolute Gasteiger partial charge is 0.224 e. The van der Waals surface area contributed by atoms with E-state index in [1.165, 1.54) is 0 Å². The van der Waals surface area contributed by atoms with Crippen LogP contribution in [-0.2, 0) is 13.6 Å². The lowest BCUT2D eigenvalue weighted by Gasteiger charge is -2.14. The molecule has 0 fully saturated rings. The van der Waals surface area contributed by atoms with Crippen molar-refractivity contribution in [3.8, 4) is 6.07 Å². The molecule has 0 spiro atoms. The standard InChI is InChI=1S/C18H17N7O/c1-24-11-22-15-9-21-18(23-17(15)24)20-8-13(26)10-25-6-5-14-12(7-19)3-2-4-16(14)25/h2-6,9,11,13,26H,8,10H2,1H3,(H,20,21,23)/t13-/m1/s1. The summed E-state index contributed by atoms with van der Waals surface area (Å²) in [7, 11) is 1.87. The summed E-state index contributed by atoms with van der Waals surface area (Å²) in [6.45, 7) is 0.709. The Morgan fingerprint density at radius 1 is 1.31 bits per heavy atom. The number of nitrogens with one attached hydrogen (secondary N) is 1. The Morgan fingerprint density at radius 2 is 2.19 bits per heavy atom. The van der Waals surface area contributed by atoms with Gasteiger partial charge in [-0.15, -0.1) is 0 Å². The van der Waals surface area contributed by atoms with E-state index in [4.69, 9.17) is 0 Å². The lowest BCUT2D eigenvalue weighted by molar-refractivity contribution is 0.168. The van der Waals surface area contributed by atoms with Crippen LogP contribution in [0.2, 0.25) is 0 Å². The van der Waals surface area contributed by atoms with Gasteiger partial charge in [-0.1, -0.05) is 6.07 Å². The molecule has 3 aromatic heterocycles. The number of rotatable bonds is 5. The minimum absolute atomic E-state index is 0.307. The molecule has 2 N–H and O–H groups in total. The largest absolute Gasteiger partial charge is 0.389 e. The van der Waals surface area contributed by atoms with Gasteiger partial charge in [0.1, 0.15) is 5.52 Å². The summed E-state index contributed by atoms with van der Waals surface area (Å²) >= 11 is 0. The Balaban J connectivity index is 1.46. The maximum absolute atomic E-state index is 10.4. The first-order valence-corrected chi connectivity index (χ1v) is 8.19. The molecular weight excluding hydrogens is 330 g/mol. The van der Waals surface area contributed by atoms with Crippen molar-refractivity contribution in [1.29, 1.82) is 5.26 Å². The van der Waals surface area contributed by atoms with Crippen LogP contribution in [0, 0.1) is 11.3 Å². The molecule has 0 aliphatic carbocycles. The molecule has 130 valence electrons. The third-order valence-corrected chi connectivity index (χ3v) is 4.29. The van der Waals surface area contributed by atoms with E-state index in [1.54, 1.807) is 18.6 Å². The van der Waals surface area contributed by atoms with Crippen molar-refractivity contribution in [3.63, 3.8) is 0 Å². The van der Waals surface area contributed by atoms with Crippen molar-refractivity contribution < 1.29 is 5.11 Å². The van der Waals surface area contributed by atoms with Crippen LogP contribution in [0.15, 0.2) is 43.0 Å². The Kier molecular flexibility index (Phi) is 3.99. The number of aliphatic hydroxyl groups excluding tert-OH is 1. The van der Waals surface area contributed by atoms with Gasteiger partial charge in [-0.25, -0.2) is 9.97 Å². The van der Waals surface area contributed by atoms with Crippen molar-refractivity contribution in [1.82, 2.24) is 24.1 Å². The van der Waals surface area contributed by atoms with Crippen molar-refractivity contribution in [2.75, 3.05) is 11.9 Å². The van der Waals surface area contributed by atoms with Gasteiger partial charge >= 0.3 is 0 Å². The molecule has 3 heterocycles. The Morgan fingerprint density at radius 3 is 3.04 bits per heavy atom. The monoisotopic (exact) mass is 347 g/mol. The number of aliphatic hydroxyl groups is 1. The van der Waals surface area contributed by atoms with Crippen LogP contribution in [0.5, 0.6) is 0 Å². The van der Waals surface area contributed by atoms with Gasteiger partial charge < -0.3 is 19.6 Å². The minimum Gasteiger partial charge on any atom is -0.389 e. The lowest BCUT2D eigenvalue weighted by Crippen LogP contribution is -2.25. The van der Waals surface area contributed by atoms with Crippen molar-refractivity contribution in [2.45, 2.75) is 12.6 Å². The Labute approximate surface area is 149 Å². The maximum atomic E-state index is 10.4. The van der Waals surface area contributed by atoms with Gasteiger partial charge in [0.2, 0.25) is 5.95 Å². The van der Waals surface area contributed by atoms with Crippen LogP contribution in [0.1, 0.15) is 5.56 Å². The Bertz CT molecular complexity index is 1120. The quantitative estimate of drug-likeness (QED) is 0.569. The van der Waals surface area contributed by atoms with Crippen LogP contribution >= 0.6 is 0 Å². The summed E-state index contributed by atoms with van der Waals surface area (Å²) in [6.07, 6.45) is 4.58. The zero-order valence-corrected chi connectivity index (χ0v) is 14.2. The second kappa shape index (κ2) is 6.46.